The average Bonchev–Trinajstić information content (AvgIpc) is 3.78. The van der Waals surface area contributed by atoms with Gasteiger partial charge in [-0.3, -0.25) is 24.7 Å². The molecule has 0 bridgehead atoms. The van der Waals surface area contributed by atoms with Crippen molar-refractivity contribution in [1.82, 2.24) is 29.4 Å². The van der Waals surface area contributed by atoms with E-state index in [1.165, 1.54) is 33.9 Å². The lowest BCUT2D eigenvalue weighted by atomic mass is 9.72. The SMILES string of the molecule is CC1(C)CCC(CN2CCN(c3ccc(C(=O)NS(=O)(=O)c4cc5c(c([N+](=O)[O-])c4)N[C@@H](CN4CCN(C(=O)O)CC4)CO5)c(Oc4cnc5[nH]ccc5c4)c3)CC2)=C(c2ccc(Cl)cc2)C1. The molecule has 2 saturated heterocycles. The van der Waals surface area contributed by atoms with E-state index in [0.717, 1.165) is 67.1 Å². The molecular weight excluding hydrogens is 902 g/mol. The first-order valence-electron chi connectivity index (χ1n) is 22.3. The summed E-state index contributed by atoms with van der Waals surface area (Å²) in [6.07, 6.45) is 5.41. The van der Waals surface area contributed by atoms with Crippen molar-refractivity contribution in [2.45, 2.75) is 44.0 Å². The maximum atomic E-state index is 14.1. The van der Waals surface area contributed by atoms with Crippen LogP contribution in [0.15, 0.2) is 89.6 Å². The number of amides is 2. The highest BCUT2D eigenvalue weighted by Crippen LogP contribution is 2.44. The summed E-state index contributed by atoms with van der Waals surface area (Å²) in [4.78, 5) is 52.0. The van der Waals surface area contributed by atoms with Crippen molar-refractivity contribution >= 4 is 67.3 Å². The Kier molecular flexibility index (Phi) is 12.8. The first kappa shape index (κ1) is 45.7. The number of carbonyl (C=O) groups excluding carboxylic acids is 1. The summed E-state index contributed by atoms with van der Waals surface area (Å²) < 4.78 is 42.2. The normalized spacial score (nSPS) is 19.1. The number of aromatic nitrogens is 2. The lowest BCUT2D eigenvalue weighted by Gasteiger charge is -2.39. The minimum absolute atomic E-state index is 0.00797. The molecule has 0 spiro atoms. The van der Waals surface area contributed by atoms with E-state index < -0.39 is 43.6 Å². The summed E-state index contributed by atoms with van der Waals surface area (Å²) >= 11 is 6.25. The number of pyridine rings is 1. The molecule has 9 rings (SSSR count). The minimum atomic E-state index is -4.71. The van der Waals surface area contributed by atoms with Gasteiger partial charge >= 0.3 is 6.09 Å². The fourth-order valence-electron chi connectivity index (χ4n) is 9.32. The van der Waals surface area contributed by atoms with Gasteiger partial charge in [0.25, 0.3) is 21.6 Å². The van der Waals surface area contributed by atoms with E-state index >= 15 is 0 Å². The number of hydrogen-bond donors (Lipinski definition) is 4. The third-order valence-electron chi connectivity index (χ3n) is 13.0. The Balaban J connectivity index is 0.922. The molecule has 0 radical (unpaired) electrons. The van der Waals surface area contributed by atoms with E-state index in [1.54, 1.807) is 24.4 Å². The Hall–Kier alpha value is -6.41. The number of carbonyl (C=O) groups is 2. The van der Waals surface area contributed by atoms with Gasteiger partial charge < -0.3 is 34.7 Å². The van der Waals surface area contributed by atoms with Crippen molar-refractivity contribution in [3.05, 3.63) is 111 Å². The molecule has 0 unspecified atom stereocenters. The number of ether oxygens (including phenoxy) is 2. The van der Waals surface area contributed by atoms with Crippen LogP contribution >= 0.6 is 11.6 Å². The van der Waals surface area contributed by atoms with E-state index in [0.29, 0.717) is 57.2 Å². The summed E-state index contributed by atoms with van der Waals surface area (Å²) in [5.74, 6) is -0.657. The molecule has 1 aliphatic carbocycles. The lowest BCUT2D eigenvalue weighted by molar-refractivity contribution is -0.384. The number of anilines is 2. The number of H-pyrrole nitrogens is 1. The molecule has 18 nitrogen and oxygen atoms in total. The summed E-state index contributed by atoms with van der Waals surface area (Å²) in [5, 5.41) is 26.3. The highest BCUT2D eigenvalue weighted by molar-refractivity contribution is 7.90. The van der Waals surface area contributed by atoms with Crippen molar-refractivity contribution in [1.29, 1.82) is 0 Å². The van der Waals surface area contributed by atoms with Crippen molar-refractivity contribution in [2.75, 3.05) is 82.3 Å². The molecule has 2 fully saturated rings. The third kappa shape index (κ3) is 10.3. The van der Waals surface area contributed by atoms with Crippen LogP contribution in [0.3, 0.4) is 0 Å². The molecule has 67 heavy (non-hydrogen) atoms. The van der Waals surface area contributed by atoms with Crippen LogP contribution in [0.4, 0.5) is 21.9 Å². The second-order valence-electron chi connectivity index (χ2n) is 18.3. The average molecular weight is 955 g/mol. The van der Waals surface area contributed by atoms with Crippen LogP contribution in [0.1, 0.15) is 49.0 Å². The van der Waals surface area contributed by atoms with Gasteiger partial charge in [0.05, 0.1) is 27.6 Å². The Labute approximate surface area is 392 Å². The lowest BCUT2D eigenvalue weighted by Crippen LogP contribution is -2.52. The van der Waals surface area contributed by atoms with Crippen LogP contribution in [0.5, 0.6) is 17.2 Å². The molecule has 20 heteroatoms. The van der Waals surface area contributed by atoms with Gasteiger partial charge in [0, 0.05) is 106 Å². The zero-order chi connectivity index (χ0) is 47.0. The van der Waals surface area contributed by atoms with Crippen LogP contribution < -0.4 is 24.4 Å². The quantitative estimate of drug-likeness (QED) is 0.0714. The maximum absolute atomic E-state index is 14.1. The van der Waals surface area contributed by atoms with Crippen molar-refractivity contribution in [2.24, 2.45) is 5.41 Å². The molecule has 5 aromatic rings. The molecule has 0 saturated carbocycles. The van der Waals surface area contributed by atoms with E-state index in [2.05, 4.69) is 55.8 Å². The highest BCUT2D eigenvalue weighted by atomic mass is 35.5. The number of nitrogens with zero attached hydrogens (tertiary/aromatic N) is 6. The number of benzene rings is 3. The van der Waals surface area contributed by atoms with Crippen molar-refractivity contribution in [3.63, 3.8) is 0 Å². The first-order valence-corrected chi connectivity index (χ1v) is 24.1. The Morgan fingerprint density at radius 2 is 1.75 bits per heavy atom. The summed E-state index contributed by atoms with van der Waals surface area (Å²) in [5.41, 5.74) is 5.07. The number of rotatable bonds is 12. The zero-order valence-electron chi connectivity index (χ0n) is 37.2. The summed E-state index contributed by atoms with van der Waals surface area (Å²) in [6.45, 7) is 10.6. The Morgan fingerprint density at radius 1 is 1.00 bits per heavy atom. The van der Waals surface area contributed by atoms with Gasteiger partial charge in [-0.2, -0.15) is 0 Å². The number of halogens is 1. The molecule has 2 amide bonds. The highest BCUT2D eigenvalue weighted by Gasteiger charge is 2.34. The van der Waals surface area contributed by atoms with Gasteiger partial charge in [-0.25, -0.2) is 22.9 Å². The molecule has 1 atom stereocenters. The van der Waals surface area contributed by atoms with Gasteiger partial charge in [-0.1, -0.05) is 43.2 Å². The standard InChI is InChI=1S/C47H52ClN9O9S/c1-47(2)11-9-32(39(25-47)30-3-5-33(48)6-4-30)27-53-13-17-55(18-14-53)35-7-8-38(41(22-35)66-36-21-31-10-12-49-44(31)50-26-36)45(58)52-67(63,64)37-23-40(57(61)62)43-42(24-37)65-29-34(51-43)28-54-15-19-56(20-16-54)46(59)60/h3-8,10,12,21-24,26,34,51H,9,11,13-20,25,27-29H2,1-2H3,(H,49,50)(H,52,58)(H,59,60)/t34-/m0/s1. The number of hydrogen-bond acceptors (Lipinski definition) is 13. The molecule has 4 aliphatic rings. The molecular formula is C47H52ClN9O9S. The van der Waals surface area contributed by atoms with Crippen molar-refractivity contribution < 1.29 is 37.5 Å². The third-order valence-corrected chi connectivity index (χ3v) is 14.6. The number of piperazine rings is 2. The van der Waals surface area contributed by atoms with Crippen LogP contribution in [-0.4, -0.2) is 133 Å². The van der Waals surface area contributed by atoms with Crippen LogP contribution in [-0.2, 0) is 10.0 Å². The topological polar surface area (TPSA) is 216 Å². The summed E-state index contributed by atoms with van der Waals surface area (Å²) in [6, 6.07) is 18.3. The van der Waals surface area contributed by atoms with Gasteiger partial charge in [0.1, 0.15) is 23.8 Å². The fourth-order valence-corrected chi connectivity index (χ4v) is 10.4. The largest absolute Gasteiger partial charge is 0.489 e. The molecule has 352 valence electrons. The predicted molar refractivity (Wildman–Crippen MR) is 254 cm³/mol. The maximum Gasteiger partial charge on any atom is 0.407 e. The first-order chi connectivity index (χ1) is 32.1. The molecule has 5 heterocycles. The number of carboxylic acid groups (broad SMARTS) is 1. The Morgan fingerprint density at radius 3 is 2.48 bits per heavy atom. The van der Waals surface area contributed by atoms with Gasteiger partial charge in [0.2, 0.25) is 0 Å². The monoisotopic (exact) mass is 953 g/mol. The van der Waals surface area contributed by atoms with Gasteiger partial charge in [-0.15, -0.1) is 0 Å². The van der Waals surface area contributed by atoms with Gasteiger partial charge in [0.15, 0.2) is 11.4 Å². The number of aromatic amines is 1. The second kappa shape index (κ2) is 18.7. The molecule has 3 aromatic carbocycles. The molecule has 3 aliphatic heterocycles. The number of nitro groups is 1. The van der Waals surface area contributed by atoms with E-state index in [-0.39, 0.29) is 34.8 Å². The number of fused-ring (bicyclic) bond motifs is 2. The number of nitrogens with one attached hydrogen (secondary N) is 3. The zero-order valence-corrected chi connectivity index (χ0v) is 38.7. The van der Waals surface area contributed by atoms with E-state index in [9.17, 15) is 33.2 Å². The van der Waals surface area contributed by atoms with Crippen LogP contribution in [0.25, 0.3) is 16.6 Å². The number of sulfonamides is 1. The number of nitro benzene ring substituents is 1. The molecule has 4 N–H and O–H groups in total. The van der Waals surface area contributed by atoms with Crippen LogP contribution in [0, 0.1) is 15.5 Å². The minimum Gasteiger partial charge on any atom is -0.489 e. The number of allylic oxidation sites excluding steroid dienone is 1. The fraction of sp³-hybridized carbons (Fsp3) is 0.383. The molecule has 2 aromatic heterocycles. The van der Waals surface area contributed by atoms with Gasteiger partial charge in [-0.05, 0) is 72.2 Å². The van der Waals surface area contributed by atoms with E-state index in [4.69, 9.17) is 21.1 Å². The Bertz CT molecular complexity index is 2860. The predicted octanol–water partition coefficient (Wildman–Crippen LogP) is 7.29. The van der Waals surface area contributed by atoms with E-state index in [1.807, 2.05) is 23.1 Å². The second-order valence-corrected chi connectivity index (χ2v) is 20.4. The van der Waals surface area contributed by atoms with Crippen molar-refractivity contribution in [3.8, 4) is 17.2 Å². The van der Waals surface area contributed by atoms with Crippen LogP contribution in [0.2, 0.25) is 5.02 Å². The summed E-state index contributed by atoms with van der Waals surface area (Å²) in [7, 11) is -4.71. The smallest absolute Gasteiger partial charge is 0.407 e.